The summed E-state index contributed by atoms with van der Waals surface area (Å²) in [5, 5.41) is 9.63. The molecule has 1 aliphatic heterocycles. The first kappa shape index (κ1) is 25.0. The number of aliphatic imine (C=N–C) groups is 1. The standard InChI is InChI=1S/C24H32N4O2.HI/c1-5-25-23(27-16-20-14-18-10-6-7-12-21(18)30-20)26-15-17-9-8-11-19(13-17)22(29)28-24(2,3)4;/h6-13,20H,5,14-16H2,1-4H3,(H,28,29)(H2,25,26,27);1H. The monoisotopic (exact) mass is 536 g/mol. The fourth-order valence-corrected chi connectivity index (χ4v) is 3.31. The normalized spacial score (nSPS) is 15.4. The van der Waals surface area contributed by atoms with Crippen molar-refractivity contribution < 1.29 is 9.53 Å². The van der Waals surface area contributed by atoms with E-state index in [4.69, 9.17) is 4.74 Å². The quantitative estimate of drug-likeness (QED) is 0.298. The number of halogens is 1. The van der Waals surface area contributed by atoms with Gasteiger partial charge in [-0.2, -0.15) is 0 Å². The molecule has 0 bridgehead atoms. The minimum Gasteiger partial charge on any atom is -0.488 e. The first-order valence-electron chi connectivity index (χ1n) is 10.5. The number of para-hydroxylation sites is 1. The van der Waals surface area contributed by atoms with Crippen LogP contribution in [0.2, 0.25) is 0 Å². The van der Waals surface area contributed by atoms with Crippen molar-refractivity contribution >= 4 is 35.8 Å². The zero-order valence-electron chi connectivity index (χ0n) is 18.7. The van der Waals surface area contributed by atoms with Gasteiger partial charge in [0.05, 0.1) is 13.1 Å². The van der Waals surface area contributed by atoms with E-state index in [0.29, 0.717) is 18.7 Å². The van der Waals surface area contributed by atoms with E-state index in [-0.39, 0.29) is 41.5 Å². The van der Waals surface area contributed by atoms with Crippen LogP contribution in [0.4, 0.5) is 0 Å². The predicted molar refractivity (Wildman–Crippen MR) is 136 cm³/mol. The van der Waals surface area contributed by atoms with Gasteiger partial charge in [-0.1, -0.05) is 30.3 Å². The molecule has 0 aliphatic carbocycles. The van der Waals surface area contributed by atoms with Gasteiger partial charge >= 0.3 is 0 Å². The van der Waals surface area contributed by atoms with Crippen LogP contribution in [0.5, 0.6) is 5.75 Å². The van der Waals surface area contributed by atoms with Crippen LogP contribution in [0.15, 0.2) is 53.5 Å². The maximum Gasteiger partial charge on any atom is 0.251 e. The summed E-state index contributed by atoms with van der Waals surface area (Å²) in [7, 11) is 0. The zero-order valence-corrected chi connectivity index (χ0v) is 21.0. The molecule has 7 heteroatoms. The number of hydrogen-bond donors (Lipinski definition) is 3. The molecule has 0 saturated heterocycles. The molecule has 1 amide bonds. The Balaban J connectivity index is 0.00000341. The zero-order chi connectivity index (χ0) is 21.6. The summed E-state index contributed by atoms with van der Waals surface area (Å²) in [6.07, 6.45) is 0.990. The van der Waals surface area contributed by atoms with Gasteiger partial charge in [0.25, 0.3) is 5.91 Å². The molecule has 1 heterocycles. The highest BCUT2D eigenvalue weighted by Crippen LogP contribution is 2.27. The molecule has 2 aromatic carbocycles. The van der Waals surface area contributed by atoms with Crippen molar-refractivity contribution in [3.05, 3.63) is 65.2 Å². The smallest absolute Gasteiger partial charge is 0.251 e. The predicted octanol–water partition coefficient (Wildman–Crippen LogP) is 3.89. The van der Waals surface area contributed by atoms with E-state index < -0.39 is 0 Å². The number of hydrogen-bond acceptors (Lipinski definition) is 3. The molecule has 3 N–H and O–H groups in total. The van der Waals surface area contributed by atoms with Crippen molar-refractivity contribution in [2.75, 3.05) is 13.1 Å². The molecule has 3 rings (SSSR count). The minimum absolute atomic E-state index is 0. The Morgan fingerprint density at radius 2 is 1.90 bits per heavy atom. The minimum atomic E-state index is -0.269. The van der Waals surface area contributed by atoms with Crippen LogP contribution >= 0.6 is 24.0 Å². The van der Waals surface area contributed by atoms with Crippen molar-refractivity contribution in [2.24, 2.45) is 4.99 Å². The van der Waals surface area contributed by atoms with E-state index in [1.165, 1.54) is 5.56 Å². The molecule has 31 heavy (non-hydrogen) atoms. The third-order valence-electron chi connectivity index (χ3n) is 4.65. The van der Waals surface area contributed by atoms with Gasteiger partial charge in [-0.15, -0.1) is 24.0 Å². The summed E-state index contributed by atoms with van der Waals surface area (Å²) in [4.78, 5) is 17.1. The number of carbonyl (C=O) groups is 1. The lowest BCUT2D eigenvalue weighted by molar-refractivity contribution is 0.0919. The highest BCUT2D eigenvalue weighted by atomic mass is 127. The SMILES string of the molecule is CCNC(=NCc1cccc(C(=O)NC(C)(C)C)c1)NCC1Cc2ccccc2O1.I. The Bertz CT molecular complexity index is 883. The van der Waals surface area contributed by atoms with E-state index in [9.17, 15) is 4.79 Å². The van der Waals surface area contributed by atoms with Crippen LogP contribution in [0.1, 0.15) is 49.2 Å². The molecule has 0 radical (unpaired) electrons. The van der Waals surface area contributed by atoms with Gasteiger partial charge < -0.3 is 20.7 Å². The van der Waals surface area contributed by atoms with E-state index in [2.05, 4.69) is 27.0 Å². The van der Waals surface area contributed by atoms with Gasteiger partial charge in [0.2, 0.25) is 0 Å². The fourth-order valence-electron chi connectivity index (χ4n) is 3.31. The summed E-state index contributed by atoms with van der Waals surface area (Å²) < 4.78 is 5.99. The number of ether oxygens (including phenoxy) is 1. The highest BCUT2D eigenvalue weighted by molar-refractivity contribution is 14.0. The number of nitrogens with one attached hydrogen (secondary N) is 3. The fraction of sp³-hybridized carbons (Fsp3) is 0.417. The molecule has 1 atom stereocenters. The lowest BCUT2D eigenvalue weighted by Crippen LogP contribution is -2.42. The molecule has 2 aromatic rings. The number of amides is 1. The van der Waals surface area contributed by atoms with Gasteiger partial charge in [0.15, 0.2) is 5.96 Å². The third kappa shape index (κ3) is 7.72. The maximum absolute atomic E-state index is 12.4. The summed E-state index contributed by atoms with van der Waals surface area (Å²) in [5.74, 6) is 1.63. The van der Waals surface area contributed by atoms with E-state index in [0.717, 1.165) is 30.2 Å². The average molecular weight is 536 g/mol. The second-order valence-electron chi connectivity index (χ2n) is 8.53. The molecule has 0 spiro atoms. The highest BCUT2D eigenvalue weighted by Gasteiger charge is 2.22. The first-order chi connectivity index (χ1) is 14.3. The summed E-state index contributed by atoms with van der Waals surface area (Å²) in [6.45, 7) is 9.88. The van der Waals surface area contributed by atoms with Crippen LogP contribution in [0.25, 0.3) is 0 Å². The average Bonchev–Trinajstić information content (AvgIpc) is 3.12. The third-order valence-corrected chi connectivity index (χ3v) is 4.65. The van der Waals surface area contributed by atoms with Crippen molar-refractivity contribution in [3.63, 3.8) is 0 Å². The Kier molecular flexibility index (Phi) is 9.15. The van der Waals surface area contributed by atoms with E-state index in [1.807, 2.05) is 70.2 Å². The summed E-state index contributed by atoms with van der Waals surface area (Å²) in [6, 6.07) is 15.8. The van der Waals surface area contributed by atoms with Crippen molar-refractivity contribution in [1.29, 1.82) is 0 Å². The number of fused-ring (bicyclic) bond motifs is 1. The first-order valence-corrected chi connectivity index (χ1v) is 10.5. The molecule has 0 saturated carbocycles. The van der Waals surface area contributed by atoms with Gasteiger partial charge in [-0.05, 0) is 57.0 Å². The van der Waals surface area contributed by atoms with Crippen LogP contribution in [0, 0.1) is 0 Å². The Labute approximate surface area is 202 Å². The molecule has 168 valence electrons. The number of rotatable bonds is 6. The van der Waals surface area contributed by atoms with Crippen molar-refractivity contribution in [1.82, 2.24) is 16.0 Å². The van der Waals surface area contributed by atoms with Crippen LogP contribution < -0.4 is 20.7 Å². The Morgan fingerprint density at radius 3 is 2.61 bits per heavy atom. The van der Waals surface area contributed by atoms with Crippen molar-refractivity contribution in [3.8, 4) is 5.75 Å². The molecular weight excluding hydrogens is 503 g/mol. The topological polar surface area (TPSA) is 74.8 Å². The molecule has 0 fully saturated rings. The van der Waals surface area contributed by atoms with Gasteiger partial charge in [-0.3, -0.25) is 4.79 Å². The molecule has 6 nitrogen and oxygen atoms in total. The lowest BCUT2D eigenvalue weighted by atomic mass is 10.1. The van der Waals surface area contributed by atoms with Gasteiger partial charge in [0.1, 0.15) is 11.9 Å². The molecule has 0 aromatic heterocycles. The van der Waals surface area contributed by atoms with Crippen LogP contribution in [0.3, 0.4) is 0 Å². The van der Waals surface area contributed by atoms with Gasteiger partial charge in [0, 0.05) is 24.1 Å². The van der Waals surface area contributed by atoms with E-state index in [1.54, 1.807) is 0 Å². The number of carbonyl (C=O) groups excluding carboxylic acids is 1. The number of nitrogens with zero attached hydrogens (tertiary/aromatic N) is 1. The van der Waals surface area contributed by atoms with Crippen LogP contribution in [-0.4, -0.2) is 36.6 Å². The molecule has 1 aliphatic rings. The Hall–Kier alpha value is -2.29. The van der Waals surface area contributed by atoms with Gasteiger partial charge in [-0.25, -0.2) is 4.99 Å². The number of guanidine groups is 1. The summed E-state index contributed by atoms with van der Waals surface area (Å²) in [5.41, 5.74) is 2.61. The Morgan fingerprint density at radius 1 is 1.13 bits per heavy atom. The maximum atomic E-state index is 12.4. The second kappa shape index (κ2) is 11.4. The number of benzene rings is 2. The molecule has 1 unspecified atom stereocenters. The largest absolute Gasteiger partial charge is 0.488 e. The second-order valence-corrected chi connectivity index (χ2v) is 8.53. The van der Waals surface area contributed by atoms with Crippen LogP contribution in [-0.2, 0) is 13.0 Å². The molecular formula is C24H33IN4O2. The van der Waals surface area contributed by atoms with Crippen molar-refractivity contribution in [2.45, 2.75) is 52.3 Å². The lowest BCUT2D eigenvalue weighted by Gasteiger charge is -2.20. The van der Waals surface area contributed by atoms with E-state index >= 15 is 0 Å². The summed E-state index contributed by atoms with van der Waals surface area (Å²) >= 11 is 0.